The second kappa shape index (κ2) is 6.22. The Morgan fingerprint density at radius 2 is 2.08 bits per heavy atom. The first-order chi connectivity index (χ1) is 12.3. The van der Waals surface area contributed by atoms with Gasteiger partial charge in [0.1, 0.15) is 6.10 Å². The zero-order chi connectivity index (χ0) is 18.6. The molecule has 0 saturated carbocycles. The van der Waals surface area contributed by atoms with Crippen LogP contribution in [-0.4, -0.2) is 64.3 Å². The summed E-state index contributed by atoms with van der Waals surface area (Å²) in [5, 5.41) is 17.3. The van der Waals surface area contributed by atoms with Crippen molar-refractivity contribution in [3.05, 3.63) is 28.9 Å². The number of piperidine rings is 1. The third-order valence-electron chi connectivity index (χ3n) is 6.09. The van der Waals surface area contributed by atoms with Crippen molar-refractivity contribution in [1.29, 1.82) is 0 Å². The summed E-state index contributed by atoms with van der Waals surface area (Å²) < 4.78 is 1.99. The molecule has 1 saturated heterocycles. The second-order valence-electron chi connectivity index (χ2n) is 8.01. The molecule has 2 aromatic rings. The number of aliphatic hydroxyl groups excluding tert-OH is 1. The molecule has 0 aliphatic carbocycles. The van der Waals surface area contributed by atoms with Crippen LogP contribution in [0.4, 0.5) is 0 Å². The predicted octanol–water partition coefficient (Wildman–Crippen LogP) is 2.25. The van der Waals surface area contributed by atoms with Gasteiger partial charge in [-0.05, 0) is 51.9 Å². The van der Waals surface area contributed by atoms with Crippen LogP contribution in [-0.2, 0) is 10.3 Å². The first-order valence-electron chi connectivity index (χ1n) is 9.10. The summed E-state index contributed by atoms with van der Waals surface area (Å²) in [6.07, 6.45) is 2.90. The lowest BCUT2D eigenvalue weighted by molar-refractivity contribution is -0.134. The lowest BCUT2D eigenvalue weighted by Gasteiger charge is -2.43. The van der Waals surface area contributed by atoms with E-state index in [1.54, 1.807) is 0 Å². The van der Waals surface area contributed by atoms with Gasteiger partial charge in [0.25, 0.3) is 0 Å². The second-order valence-corrected chi connectivity index (χ2v) is 8.45. The summed E-state index contributed by atoms with van der Waals surface area (Å²) in [6.45, 7) is 3.97. The highest BCUT2D eigenvalue weighted by molar-refractivity contribution is 6.31. The molecule has 1 aromatic heterocycles. The number of hydrogen-bond acceptors (Lipinski definition) is 4. The molecule has 26 heavy (non-hydrogen) atoms. The highest BCUT2D eigenvalue weighted by Gasteiger charge is 2.50. The molecule has 1 amide bonds. The molecule has 1 unspecified atom stereocenters. The smallest absolute Gasteiger partial charge is 0.236 e. The van der Waals surface area contributed by atoms with Crippen LogP contribution < -0.4 is 0 Å². The number of likely N-dealkylation sites (N-methyl/N-ethyl adjacent to an activating group) is 1. The fourth-order valence-corrected chi connectivity index (χ4v) is 4.88. The number of hydrogen-bond donors (Lipinski definition) is 1. The number of rotatable bonds is 3. The minimum Gasteiger partial charge on any atom is -0.386 e. The molecule has 1 fully saturated rings. The van der Waals surface area contributed by atoms with Gasteiger partial charge in [-0.25, -0.2) is 0 Å². The average molecular weight is 377 g/mol. The molecule has 4 rings (SSSR count). The van der Waals surface area contributed by atoms with Gasteiger partial charge >= 0.3 is 0 Å². The van der Waals surface area contributed by atoms with E-state index in [0.717, 1.165) is 42.4 Å². The summed E-state index contributed by atoms with van der Waals surface area (Å²) in [6, 6.07) is 3.75. The van der Waals surface area contributed by atoms with Crippen LogP contribution in [0.3, 0.4) is 0 Å². The van der Waals surface area contributed by atoms with Crippen molar-refractivity contribution < 1.29 is 9.90 Å². The van der Waals surface area contributed by atoms with Gasteiger partial charge in [-0.2, -0.15) is 5.10 Å². The van der Waals surface area contributed by atoms with E-state index in [2.05, 4.69) is 12.0 Å². The first-order valence-corrected chi connectivity index (χ1v) is 9.48. The van der Waals surface area contributed by atoms with Crippen LogP contribution in [0.25, 0.3) is 10.9 Å². The molecule has 7 heteroatoms. The van der Waals surface area contributed by atoms with E-state index in [1.807, 2.05) is 46.9 Å². The van der Waals surface area contributed by atoms with Crippen LogP contribution >= 0.6 is 11.6 Å². The quantitative estimate of drug-likeness (QED) is 0.892. The molecule has 1 N–H and O–H groups in total. The van der Waals surface area contributed by atoms with Gasteiger partial charge in [0, 0.05) is 29.1 Å². The molecule has 3 heterocycles. The van der Waals surface area contributed by atoms with Crippen molar-refractivity contribution in [3.63, 3.8) is 0 Å². The van der Waals surface area contributed by atoms with Crippen LogP contribution in [0, 0.1) is 5.92 Å². The molecule has 140 valence electrons. The van der Waals surface area contributed by atoms with Gasteiger partial charge in [0.05, 0.1) is 23.8 Å². The van der Waals surface area contributed by atoms with Gasteiger partial charge in [-0.3, -0.25) is 9.48 Å². The molecule has 1 aromatic carbocycles. The van der Waals surface area contributed by atoms with Gasteiger partial charge < -0.3 is 14.9 Å². The number of halogens is 1. The number of carbonyl (C=O) groups excluding carboxylic acids is 1. The Morgan fingerprint density at radius 3 is 2.73 bits per heavy atom. The van der Waals surface area contributed by atoms with Crippen molar-refractivity contribution in [3.8, 4) is 0 Å². The maximum absolute atomic E-state index is 12.3. The number of nitrogens with zero attached hydrogens (tertiary/aromatic N) is 4. The van der Waals surface area contributed by atoms with Gasteiger partial charge in [0.2, 0.25) is 5.91 Å². The van der Waals surface area contributed by atoms with Crippen molar-refractivity contribution in [2.45, 2.75) is 31.4 Å². The third kappa shape index (κ3) is 2.54. The molecular formula is C19H25ClN4O2. The fraction of sp³-hybridized carbons (Fsp3) is 0.579. The van der Waals surface area contributed by atoms with Crippen molar-refractivity contribution >= 4 is 28.4 Å². The molecule has 0 spiro atoms. The first kappa shape index (κ1) is 17.8. The van der Waals surface area contributed by atoms with E-state index in [1.165, 1.54) is 0 Å². The standard InChI is InChI=1S/C19H25ClN4O2/c1-19(13-4-6-23(7-5-13)16(25)11-22(2)3)18(26)15-9-14(20)8-12-10-21-24(19)17(12)15/h8-10,13,18,26H,4-7,11H2,1-3H3/t18-,19?/m1/s1. The van der Waals surface area contributed by atoms with E-state index < -0.39 is 11.6 Å². The van der Waals surface area contributed by atoms with E-state index in [-0.39, 0.29) is 11.8 Å². The van der Waals surface area contributed by atoms with Gasteiger partial charge in [-0.1, -0.05) is 11.6 Å². The fourth-order valence-electron chi connectivity index (χ4n) is 4.65. The SMILES string of the molecule is CN(C)CC(=O)N1CCC(C2(C)[C@H](O)c3cc(Cl)cc4cnn2c34)CC1. The zero-order valence-electron chi connectivity index (χ0n) is 15.4. The highest BCUT2D eigenvalue weighted by Crippen LogP contribution is 2.51. The lowest BCUT2D eigenvalue weighted by Crippen LogP contribution is -2.49. The predicted molar refractivity (Wildman–Crippen MR) is 101 cm³/mol. The number of carbonyl (C=O) groups is 1. The normalized spacial score (nSPS) is 26.2. The number of likely N-dealkylation sites (tertiary alicyclic amines) is 1. The van der Waals surface area contributed by atoms with E-state index in [4.69, 9.17) is 11.6 Å². The molecule has 0 radical (unpaired) electrons. The highest BCUT2D eigenvalue weighted by atomic mass is 35.5. The number of amides is 1. The maximum Gasteiger partial charge on any atom is 0.236 e. The summed E-state index contributed by atoms with van der Waals surface area (Å²) in [7, 11) is 3.82. The third-order valence-corrected chi connectivity index (χ3v) is 6.31. The molecule has 6 nitrogen and oxygen atoms in total. The number of aromatic nitrogens is 2. The molecule has 2 atom stereocenters. The van der Waals surface area contributed by atoms with E-state index in [0.29, 0.717) is 11.6 Å². The minimum atomic E-state index is -0.638. The Labute approximate surface area is 158 Å². The van der Waals surface area contributed by atoms with Crippen molar-refractivity contribution in [2.24, 2.45) is 5.92 Å². The van der Waals surface area contributed by atoms with Crippen LogP contribution in [0.15, 0.2) is 18.3 Å². The summed E-state index contributed by atoms with van der Waals surface area (Å²) >= 11 is 6.23. The molecule has 2 aliphatic rings. The number of benzene rings is 1. The Hall–Kier alpha value is -1.63. The summed E-state index contributed by atoms with van der Waals surface area (Å²) in [4.78, 5) is 16.1. The Balaban J connectivity index is 1.58. The lowest BCUT2D eigenvalue weighted by atomic mass is 9.75. The van der Waals surface area contributed by atoms with Crippen LogP contribution in [0.5, 0.6) is 0 Å². The Bertz CT molecular complexity index is 857. The van der Waals surface area contributed by atoms with E-state index >= 15 is 0 Å². The van der Waals surface area contributed by atoms with Crippen molar-refractivity contribution in [2.75, 3.05) is 33.7 Å². The average Bonchev–Trinajstić information content (AvgIpc) is 3.11. The van der Waals surface area contributed by atoms with E-state index in [9.17, 15) is 9.90 Å². The van der Waals surface area contributed by atoms with Crippen LogP contribution in [0.2, 0.25) is 5.02 Å². The summed E-state index contributed by atoms with van der Waals surface area (Å²) in [5.41, 5.74) is 1.33. The Kier molecular flexibility index (Phi) is 4.25. The van der Waals surface area contributed by atoms with Crippen molar-refractivity contribution in [1.82, 2.24) is 19.6 Å². The molecule has 2 aliphatic heterocycles. The van der Waals surface area contributed by atoms with Crippen LogP contribution in [0.1, 0.15) is 31.4 Å². The molecular weight excluding hydrogens is 352 g/mol. The largest absolute Gasteiger partial charge is 0.386 e. The maximum atomic E-state index is 12.3. The number of aliphatic hydroxyl groups is 1. The monoisotopic (exact) mass is 376 g/mol. The zero-order valence-corrected chi connectivity index (χ0v) is 16.2. The Morgan fingerprint density at radius 1 is 1.38 bits per heavy atom. The molecule has 0 bridgehead atoms. The summed E-state index contributed by atoms with van der Waals surface area (Å²) in [5.74, 6) is 0.414. The minimum absolute atomic E-state index is 0.169. The van der Waals surface area contributed by atoms with Gasteiger partial charge in [0.15, 0.2) is 0 Å². The topological polar surface area (TPSA) is 61.6 Å². The van der Waals surface area contributed by atoms with Gasteiger partial charge in [-0.15, -0.1) is 0 Å².